The Bertz CT molecular complexity index is 261. The lowest BCUT2D eigenvalue weighted by atomic mass is 10.3. The van der Waals surface area contributed by atoms with E-state index in [1.165, 1.54) is 24.3 Å². The van der Waals surface area contributed by atoms with E-state index in [4.69, 9.17) is 30.6 Å². The van der Waals surface area contributed by atoms with Crippen molar-refractivity contribution in [3.63, 3.8) is 0 Å². The Morgan fingerprint density at radius 1 is 0.619 bits per heavy atom. The van der Waals surface area contributed by atoms with Crippen LogP contribution in [0.25, 0.3) is 0 Å². The molecule has 0 unspecified atom stereocenters. The first-order valence-corrected chi connectivity index (χ1v) is 6.61. The molecule has 0 aliphatic carbocycles. The first-order chi connectivity index (χ1) is 10.1. The maximum absolute atomic E-state index is 8.65. The molecule has 0 atom stereocenters. The standard InChI is InChI=1S/C6H6O2.C4H10O3.C4H10O2/c7-5-1-2-6(8)4-3-5;5-1-3-7-4-2-6;5-3-1-2-4-6/h1-4,7-8H;5-6H,1-4H2;5-6H,1-4H2. The highest BCUT2D eigenvalue weighted by atomic mass is 16.5. The monoisotopic (exact) mass is 306 g/mol. The van der Waals surface area contributed by atoms with Crippen LogP contribution in [0.15, 0.2) is 24.3 Å². The predicted octanol–water partition coefficient (Wildman–Crippen LogP) is -0.163. The van der Waals surface area contributed by atoms with Gasteiger partial charge in [-0.2, -0.15) is 0 Å². The molecule has 0 bridgehead atoms. The number of phenolic OH excluding ortho intramolecular Hbond substituents is 2. The van der Waals surface area contributed by atoms with Gasteiger partial charge in [0.2, 0.25) is 0 Å². The zero-order valence-corrected chi connectivity index (χ0v) is 12.1. The molecule has 21 heavy (non-hydrogen) atoms. The number of rotatable bonds is 7. The molecule has 0 spiro atoms. The van der Waals surface area contributed by atoms with Gasteiger partial charge in [0.05, 0.1) is 26.4 Å². The summed E-state index contributed by atoms with van der Waals surface area (Å²) < 4.78 is 4.63. The van der Waals surface area contributed by atoms with Gasteiger partial charge >= 0.3 is 0 Å². The average Bonchev–Trinajstić information content (AvgIpc) is 2.50. The lowest BCUT2D eigenvalue weighted by Gasteiger charge is -1.94. The summed E-state index contributed by atoms with van der Waals surface area (Å²) in [6, 6.07) is 5.70. The van der Waals surface area contributed by atoms with E-state index in [1.807, 2.05) is 0 Å². The van der Waals surface area contributed by atoms with E-state index >= 15 is 0 Å². The second-order valence-corrected chi connectivity index (χ2v) is 3.73. The fourth-order valence-corrected chi connectivity index (χ4v) is 0.907. The van der Waals surface area contributed by atoms with Gasteiger partial charge in [0, 0.05) is 13.2 Å². The van der Waals surface area contributed by atoms with Gasteiger partial charge in [0.1, 0.15) is 11.5 Å². The van der Waals surface area contributed by atoms with Crippen molar-refractivity contribution in [2.75, 3.05) is 39.6 Å². The summed E-state index contributed by atoms with van der Waals surface area (Å²) in [6.45, 7) is 1.09. The molecule has 0 amide bonds. The Morgan fingerprint density at radius 3 is 1.19 bits per heavy atom. The van der Waals surface area contributed by atoms with Crippen molar-refractivity contribution in [2.45, 2.75) is 12.8 Å². The van der Waals surface area contributed by atoms with Crippen molar-refractivity contribution in [1.82, 2.24) is 0 Å². The smallest absolute Gasteiger partial charge is 0.115 e. The number of aliphatic hydroxyl groups is 4. The van der Waals surface area contributed by atoms with Crippen LogP contribution in [0, 0.1) is 0 Å². The number of unbranched alkanes of at least 4 members (excludes halogenated alkanes) is 1. The molecule has 6 N–H and O–H groups in total. The second-order valence-electron chi connectivity index (χ2n) is 3.73. The van der Waals surface area contributed by atoms with Gasteiger partial charge in [-0.15, -0.1) is 0 Å². The molecule has 0 aliphatic heterocycles. The average molecular weight is 306 g/mol. The first kappa shape index (κ1) is 21.9. The number of ether oxygens (including phenoxy) is 1. The lowest BCUT2D eigenvalue weighted by molar-refractivity contribution is 0.0650. The maximum atomic E-state index is 8.65. The molecule has 1 aromatic carbocycles. The molecular weight excluding hydrogens is 280 g/mol. The number of benzene rings is 1. The fraction of sp³-hybridized carbons (Fsp3) is 0.571. The summed E-state index contributed by atoms with van der Waals surface area (Å²) in [6.07, 6.45) is 1.44. The van der Waals surface area contributed by atoms with Gasteiger partial charge in [-0.3, -0.25) is 0 Å². The molecule has 0 saturated carbocycles. The van der Waals surface area contributed by atoms with Crippen LogP contribution >= 0.6 is 0 Å². The van der Waals surface area contributed by atoms with Gasteiger partial charge in [0.25, 0.3) is 0 Å². The predicted molar refractivity (Wildman–Crippen MR) is 78.2 cm³/mol. The molecule has 0 aliphatic rings. The van der Waals surface area contributed by atoms with Crippen LogP contribution in [0.4, 0.5) is 0 Å². The van der Waals surface area contributed by atoms with Crippen molar-refractivity contribution in [3.05, 3.63) is 24.3 Å². The normalized spacial score (nSPS) is 9.14. The Balaban J connectivity index is 0. The Morgan fingerprint density at radius 2 is 0.952 bits per heavy atom. The maximum Gasteiger partial charge on any atom is 0.115 e. The second kappa shape index (κ2) is 18.6. The Labute approximate surface area is 124 Å². The molecule has 0 radical (unpaired) electrons. The van der Waals surface area contributed by atoms with E-state index in [2.05, 4.69) is 4.74 Å². The third kappa shape index (κ3) is 21.1. The molecule has 1 aromatic rings. The van der Waals surface area contributed by atoms with Gasteiger partial charge in [-0.25, -0.2) is 0 Å². The van der Waals surface area contributed by atoms with E-state index in [0.717, 1.165) is 12.8 Å². The van der Waals surface area contributed by atoms with Crippen LogP contribution in [-0.4, -0.2) is 70.3 Å². The third-order valence-electron chi connectivity index (χ3n) is 1.89. The number of hydrogen-bond acceptors (Lipinski definition) is 7. The van der Waals surface area contributed by atoms with E-state index < -0.39 is 0 Å². The van der Waals surface area contributed by atoms with Gasteiger partial charge in [0.15, 0.2) is 0 Å². The van der Waals surface area contributed by atoms with E-state index in [1.54, 1.807) is 0 Å². The minimum absolute atomic E-state index is 0.0278. The zero-order chi connectivity index (χ0) is 16.3. The van der Waals surface area contributed by atoms with Gasteiger partial charge in [-0.05, 0) is 37.1 Å². The highest BCUT2D eigenvalue weighted by molar-refractivity contribution is 5.28. The Kier molecular flexibility index (Phi) is 19.4. The third-order valence-corrected chi connectivity index (χ3v) is 1.89. The molecule has 1 rings (SSSR count). The van der Waals surface area contributed by atoms with Gasteiger partial charge < -0.3 is 35.4 Å². The van der Waals surface area contributed by atoms with E-state index in [0.29, 0.717) is 13.2 Å². The van der Waals surface area contributed by atoms with Crippen LogP contribution in [0.2, 0.25) is 0 Å². The van der Waals surface area contributed by atoms with E-state index in [-0.39, 0.29) is 37.9 Å². The molecule has 7 heteroatoms. The summed E-state index contributed by atoms with van der Waals surface area (Å²) in [5.74, 6) is 0.339. The lowest BCUT2D eigenvalue weighted by Crippen LogP contribution is -2.03. The number of hydrogen-bond donors (Lipinski definition) is 6. The molecule has 0 saturated heterocycles. The number of aromatic hydroxyl groups is 2. The summed E-state index contributed by atoms with van der Waals surface area (Å²) in [5.41, 5.74) is 0. The van der Waals surface area contributed by atoms with Crippen molar-refractivity contribution in [2.24, 2.45) is 0 Å². The largest absolute Gasteiger partial charge is 0.508 e. The zero-order valence-electron chi connectivity index (χ0n) is 12.1. The minimum Gasteiger partial charge on any atom is -0.508 e. The highest BCUT2D eigenvalue weighted by Crippen LogP contribution is 2.13. The summed E-state index contributed by atoms with van der Waals surface area (Å²) in [7, 11) is 0. The molecule has 0 aromatic heterocycles. The van der Waals surface area contributed by atoms with Gasteiger partial charge in [-0.1, -0.05) is 0 Å². The molecule has 0 heterocycles. The van der Waals surface area contributed by atoms with Crippen LogP contribution in [0.3, 0.4) is 0 Å². The van der Waals surface area contributed by atoms with Crippen LogP contribution < -0.4 is 0 Å². The SMILES string of the molecule is OCCCCO.OCCOCCO.Oc1ccc(O)cc1. The van der Waals surface area contributed by atoms with Crippen LogP contribution in [-0.2, 0) is 4.74 Å². The fourth-order valence-electron chi connectivity index (χ4n) is 0.907. The topological polar surface area (TPSA) is 131 Å². The van der Waals surface area contributed by atoms with Crippen LogP contribution in [0.5, 0.6) is 11.5 Å². The Hall–Kier alpha value is -1.38. The highest BCUT2D eigenvalue weighted by Gasteiger charge is 1.84. The van der Waals surface area contributed by atoms with Crippen molar-refractivity contribution in [3.8, 4) is 11.5 Å². The summed E-state index contributed by atoms with van der Waals surface area (Å²) >= 11 is 0. The summed E-state index contributed by atoms with van der Waals surface area (Å²) in [5, 5.41) is 49.6. The van der Waals surface area contributed by atoms with Crippen LogP contribution in [0.1, 0.15) is 12.8 Å². The summed E-state index contributed by atoms with van der Waals surface area (Å²) in [4.78, 5) is 0. The van der Waals surface area contributed by atoms with Crippen molar-refractivity contribution in [1.29, 1.82) is 0 Å². The molecule has 124 valence electrons. The van der Waals surface area contributed by atoms with E-state index in [9.17, 15) is 0 Å². The minimum atomic E-state index is 0.0278. The quantitative estimate of drug-likeness (QED) is 0.305. The van der Waals surface area contributed by atoms with Crippen molar-refractivity contribution >= 4 is 0 Å². The molecular formula is C14H26O7. The first-order valence-electron chi connectivity index (χ1n) is 6.61. The number of aliphatic hydroxyl groups excluding tert-OH is 4. The molecule has 7 nitrogen and oxygen atoms in total. The molecule has 0 fully saturated rings. The van der Waals surface area contributed by atoms with Crippen molar-refractivity contribution < 1.29 is 35.4 Å². The number of phenols is 2.